The third-order valence-corrected chi connectivity index (χ3v) is 3.92. The van der Waals surface area contributed by atoms with E-state index in [-0.39, 0.29) is 12.0 Å². The first-order valence-corrected chi connectivity index (χ1v) is 6.19. The Kier molecular flexibility index (Phi) is 4.76. The minimum absolute atomic E-state index is 0.0914. The van der Waals surface area contributed by atoms with Crippen LogP contribution in [0.2, 0.25) is 0 Å². The molecule has 1 aromatic heterocycles. The molecule has 0 amide bonds. The maximum Gasteiger partial charge on any atom is 0.307 e. The zero-order chi connectivity index (χ0) is 11.4. The van der Waals surface area contributed by atoms with E-state index >= 15 is 0 Å². The fourth-order valence-electron chi connectivity index (χ4n) is 1.28. The van der Waals surface area contributed by atoms with Crippen LogP contribution in [0, 0.1) is 0 Å². The number of esters is 1. The molecule has 0 saturated heterocycles. The predicted octanol–water partition coefficient (Wildman–Crippen LogP) is 2.68. The molecule has 3 nitrogen and oxygen atoms in total. The van der Waals surface area contributed by atoms with Crippen molar-refractivity contribution in [3.05, 3.63) is 20.8 Å². The van der Waals surface area contributed by atoms with Gasteiger partial charge in [-0.05, 0) is 36.1 Å². The monoisotopic (exact) mass is 291 g/mol. The van der Waals surface area contributed by atoms with Crippen LogP contribution in [0.15, 0.2) is 15.9 Å². The minimum atomic E-state index is -0.182. The van der Waals surface area contributed by atoms with E-state index in [1.165, 1.54) is 7.11 Å². The van der Waals surface area contributed by atoms with Crippen LogP contribution in [0.25, 0.3) is 0 Å². The molecule has 1 aromatic rings. The van der Waals surface area contributed by atoms with Crippen LogP contribution in [-0.4, -0.2) is 32.1 Å². The summed E-state index contributed by atoms with van der Waals surface area (Å²) in [5, 5.41) is 2.02. The third-order valence-electron chi connectivity index (χ3n) is 2.13. The van der Waals surface area contributed by atoms with Gasteiger partial charge in [-0.3, -0.25) is 4.79 Å². The second-order valence-corrected chi connectivity index (χ2v) is 5.29. The average Bonchev–Trinajstić information content (AvgIpc) is 2.60. The van der Waals surface area contributed by atoms with Crippen LogP contribution in [0.1, 0.15) is 17.3 Å². The molecule has 0 spiro atoms. The first-order chi connectivity index (χ1) is 7.04. The zero-order valence-corrected chi connectivity index (χ0v) is 11.4. The molecule has 0 radical (unpaired) electrons. The van der Waals surface area contributed by atoms with E-state index in [0.717, 1.165) is 9.35 Å². The highest BCUT2D eigenvalue weighted by Gasteiger charge is 2.20. The number of hydrogen-bond donors (Lipinski definition) is 0. The Morgan fingerprint density at radius 3 is 2.73 bits per heavy atom. The average molecular weight is 292 g/mol. The summed E-state index contributed by atoms with van der Waals surface area (Å²) < 4.78 is 5.74. The van der Waals surface area contributed by atoms with Crippen molar-refractivity contribution < 1.29 is 9.53 Å². The van der Waals surface area contributed by atoms with Crippen molar-refractivity contribution in [2.24, 2.45) is 0 Å². The van der Waals surface area contributed by atoms with Crippen molar-refractivity contribution in [1.29, 1.82) is 0 Å². The number of hydrogen-bond acceptors (Lipinski definition) is 4. The lowest BCUT2D eigenvalue weighted by Gasteiger charge is -2.21. The Hall–Kier alpha value is -0.390. The molecule has 1 rings (SSSR count). The summed E-state index contributed by atoms with van der Waals surface area (Å²) in [4.78, 5) is 14.4. The van der Waals surface area contributed by atoms with E-state index in [0.29, 0.717) is 6.42 Å². The first-order valence-electron chi connectivity index (χ1n) is 4.51. The standard InChI is InChI=1S/C10H14BrNO2S/c1-12(2)8(5-10(13)14-3)9-4-7(11)6-15-9/h4,6,8H,5H2,1-3H3. The van der Waals surface area contributed by atoms with Crippen molar-refractivity contribution in [3.63, 3.8) is 0 Å². The van der Waals surface area contributed by atoms with E-state index in [2.05, 4.69) is 20.7 Å². The largest absolute Gasteiger partial charge is 0.469 e. The van der Waals surface area contributed by atoms with Crippen LogP contribution in [-0.2, 0) is 9.53 Å². The smallest absolute Gasteiger partial charge is 0.307 e. The molecule has 5 heteroatoms. The van der Waals surface area contributed by atoms with Gasteiger partial charge >= 0.3 is 5.97 Å². The predicted molar refractivity (Wildman–Crippen MR) is 65.1 cm³/mol. The summed E-state index contributed by atoms with van der Waals surface area (Å²) in [5.74, 6) is -0.182. The molecule has 0 aromatic carbocycles. The second kappa shape index (κ2) is 5.63. The number of nitrogens with zero attached hydrogens (tertiary/aromatic N) is 1. The van der Waals surface area contributed by atoms with Gasteiger partial charge in [-0.15, -0.1) is 11.3 Å². The van der Waals surface area contributed by atoms with Crippen molar-refractivity contribution in [3.8, 4) is 0 Å². The van der Waals surface area contributed by atoms with E-state index in [1.54, 1.807) is 11.3 Å². The number of methoxy groups -OCH3 is 1. The number of carbonyl (C=O) groups is 1. The minimum Gasteiger partial charge on any atom is -0.469 e. The molecule has 0 N–H and O–H groups in total. The van der Waals surface area contributed by atoms with Crippen LogP contribution in [0.3, 0.4) is 0 Å². The van der Waals surface area contributed by atoms with Crippen LogP contribution < -0.4 is 0 Å². The topological polar surface area (TPSA) is 29.5 Å². The van der Waals surface area contributed by atoms with Crippen molar-refractivity contribution >= 4 is 33.2 Å². The van der Waals surface area contributed by atoms with Gasteiger partial charge in [-0.25, -0.2) is 0 Å². The lowest BCUT2D eigenvalue weighted by molar-refractivity contribution is -0.141. The van der Waals surface area contributed by atoms with Gasteiger partial charge in [0.25, 0.3) is 0 Å². The summed E-state index contributed by atoms with van der Waals surface area (Å²) in [6, 6.07) is 2.13. The lowest BCUT2D eigenvalue weighted by atomic mass is 10.1. The van der Waals surface area contributed by atoms with Gasteiger partial charge in [0.05, 0.1) is 19.6 Å². The molecule has 0 fully saturated rings. The first kappa shape index (κ1) is 12.7. The number of thiophene rings is 1. The molecule has 1 heterocycles. The number of carbonyl (C=O) groups excluding carboxylic acids is 1. The molecule has 0 aliphatic heterocycles. The summed E-state index contributed by atoms with van der Waals surface area (Å²) in [5.41, 5.74) is 0. The van der Waals surface area contributed by atoms with E-state index in [1.807, 2.05) is 30.4 Å². The fourth-order valence-corrected chi connectivity index (χ4v) is 2.92. The Labute approximate surface area is 102 Å². The highest BCUT2D eigenvalue weighted by Crippen LogP contribution is 2.30. The number of rotatable bonds is 4. The molecule has 0 bridgehead atoms. The maximum absolute atomic E-state index is 11.3. The Morgan fingerprint density at radius 2 is 2.33 bits per heavy atom. The van der Waals surface area contributed by atoms with Gasteiger partial charge in [-0.1, -0.05) is 0 Å². The molecule has 0 saturated carbocycles. The van der Waals surface area contributed by atoms with Gasteiger partial charge in [-0.2, -0.15) is 0 Å². The highest BCUT2D eigenvalue weighted by atomic mass is 79.9. The summed E-state index contributed by atoms with van der Waals surface area (Å²) >= 11 is 5.05. The molecular weight excluding hydrogens is 278 g/mol. The fraction of sp³-hybridized carbons (Fsp3) is 0.500. The van der Waals surface area contributed by atoms with Crippen LogP contribution in [0.4, 0.5) is 0 Å². The van der Waals surface area contributed by atoms with Gasteiger partial charge in [0.1, 0.15) is 0 Å². The highest BCUT2D eigenvalue weighted by molar-refractivity contribution is 9.10. The molecule has 84 valence electrons. The second-order valence-electron chi connectivity index (χ2n) is 3.43. The van der Waals surface area contributed by atoms with E-state index in [9.17, 15) is 4.79 Å². The van der Waals surface area contributed by atoms with E-state index in [4.69, 9.17) is 0 Å². The van der Waals surface area contributed by atoms with Crippen molar-refractivity contribution in [2.45, 2.75) is 12.5 Å². The van der Waals surface area contributed by atoms with Gasteiger partial charge in [0.15, 0.2) is 0 Å². The third kappa shape index (κ3) is 3.59. The van der Waals surface area contributed by atoms with Crippen molar-refractivity contribution in [1.82, 2.24) is 4.90 Å². The molecular formula is C10H14BrNO2S. The normalized spacial score (nSPS) is 12.9. The molecule has 0 aliphatic carbocycles. The van der Waals surface area contributed by atoms with E-state index < -0.39 is 0 Å². The quantitative estimate of drug-likeness (QED) is 0.799. The van der Waals surface area contributed by atoms with Gasteiger partial charge in [0.2, 0.25) is 0 Å². The lowest BCUT2D eigenvalue weighted by Crippen LogP contribution is -2.22. The Morgan fingerprint density at radius 1 is 1.67 bits per heavy atom. The molecule has 0 aliphatic rings. The SMILES string of the molecule is COC(=O)CC(c1cc(Br)cs1)N(C)C. The Bertz CT molecular complexity index is 338. The summed E-state index contributed by atoms with van der Waals surface area (Å²) in [6.45, 7) is 0. The molecule has 15 heavy (non-hydrogen) atoms. The Balaban J connectivity index is 2.79. The number of ether oxygens (including phenoxy) is 1. The van der Waals surface area contributed by atoms with Gasteiger partial charge < -0.3 is 9.64 Å². The molecule has 1 unspecified atom stereocenters. The zero-order valence-electron chi connectivity index (χ0n) is 8.99. The van der Waals surface area contributed by atoms with Crippen LogP contribution in [0.5, 0.6) is 0 Å². The maximum atomic E-state index is 11.3. The van der Waals surface area contributed by atoms with Crippen LogP contribution >= 0.6 is 27.3 Å². The summed E-state index contributed by atoms with van der Waals surface area (Å²) in [7, 11) is 5.34. The summed E-state index contributed by atoms with van der Waals surface area (Å²) in [6.07, 6.45) is 0.385. The van der Waals surface area contributed by atoms with Gasteiger partial charge in [0, 0.05) is 14.7 Å². The van der Waals surface area contributed by atoms with Crippen molar-refractivity contribution in [2.75, 3.05) is 21.2 Å². The molecule has 1 atom stereocenters. The number of halogens is 1.